The molecule has 6 nitrogen and oxygen atoms in total. The van der Waals surface area contributed by atoms with E-state index in [0.717, 1.165) is 17.1 Å². The molecule has 0 aliphatic carbocycles. The Kier molecular flexibility index (Phi) is 6.08. The quantitative estimate of drug-likeness (QED) is 0.325. The number of fused-ring (bicyclic) bond motifs is 1. The normalized spacial score (nSPS) is 20.2. The highest BCUT2D eigenvalue weighted by atomic mass is 35.5. The summed E-state index contributed by atoms with van der Waals surface area (Å²) in [5.41, 5.74) is 1.31. The first kappa shape index (κ1) is 21.9. The zero-order valence-electron chi connectivity index (χ0n) is 17.5. The minimum Gasteiger partial charge on any atom is -0.490 e. The minimum absolute atomic E-state index is 0.265. The first-order chi connectivity index (χ1) is 16.1. The van der Waals surface area contributed by atoms with E-state index in [-0.39, 0.29) is 12.7 Å². The number of nitrogens with zero attached hydrogens (tertiary/aromatic N) is 2. The van der Waals surface area contributed by atoms with Crippen LogP contribution in [-0.4, -0.2) is 35.2 Å². The van der Waals surface area contributed by atoms with Crippen molar-refractivity contribution in [1.29, 1.82) is 0 Å². The number of halogens is 2. The van der Waals surface area contributed by atoms with Gasteiger partial charge in [-0.05, 0) is 29.7 Å². The molecule has 5 rings (SSSR count). The van der Waals surface area contributed by atoms with Gasteiger partial charge in [0.1, 0.15) is 18.5 Å². The summed E-state index contributed by atoms with van der Waals surface area (Å²) in [5.74, 6) is -0.434. The molecule has 0 N–H and O–H groups in total. The van der Waals surface area contributed by atoms with Crippen LogP contribution in [0.25, 0.3) is 10.8 Å². The van der Waals surface area contributed by atoms with E-state index in [1.807, 2.05) is 41.1 Å². The number of hydrogen-bond donors (Lipinski definition) is 0. The van der Waals surface area contributed by atoms with E-state index in [4.69, 9.17) is 37.4 Å². The van der Waals surface area contributed by atoms with Gasteiger partial charge in [0.2, 0.25) is 5.79 Å². The molecule has 1 saturated heterocycles. The van der Waals surface area contributed by atoms with Gasteiger partial charge in [-0.1, -0.05) is 53.5 Å². The van der Waals surface area contributed by atoms with E-state index in [9.17, 15) is 4.79 Å². The fraction of sp³-hybridized carbons (Fsp3) is 0.200. The lowest BCUT2D eigenvalue weighted by molar-refractivity contribution is -0.189. The Morgan fingerprint density at radius 2 is 2.00 bits per heavy atom. The first-order valence-corrected chi connectivity index (χ1v) is 11.2. The number of benzene rings is 3. The van der Waals surface area contributed by atoms with Crippen molar-refractivity contribution in [2.45, 2.75) is 18.4 Å². The van der Waals surface area contributed by atoms with Gasteiger partial charge in [0.05, 0.1) is 24.5 Å². The van der Waals surface area contributed by atoms with E-state index >= 15 is 0 Å². The van der Waals surface area contributed by atoms with Gasteiger partial charge in [0, 0.05) is 33.9 Å². The van der Waals surface area contributed by atoms with Crippen LogP contribution in [0.2, 0.25) is 10.0 Å². The van der Waals surface area contributed by atoms with Crippen molar-refractivity contribution in [1.82, 2.24) is 9.55 Å². The summed E-state index contributed by atoms with van der Waals surface area (Å²) in [4.78, 5) is 15.5. The highest BCUT2D eigenvalue weighted by molar-refractivity contribution is 6.35. The predicted molar refractivity (Wildman–Crippen MR) is 126 cm³/mol. The summed E-state index contributed by atoms with van der Waals surface area (Å²) in [6.07, 6.45) is 5.73. The van der Waals surface area contributed by atoms with Crippen molar-refractivity contribution in [2.75, 3.05) is 13.2 Å². The Balaban J connectivity index is 1.39. The Labute approximate surface area is 200 Å². The Bertz CT molecular complexity index is 1300. The summed E-state index contributed by atoms with van der Waals surface area (Å²) >= 11 is 12.6. The van der Waals surface area contributed by atoms with E-state index < -0.39 is 5.79 Å². The molecule has 8 heteroatoms. The molecule has 0 saturated carbocycles. The van der Waals surface area contributed by atoms with Crippen LogP contribution < -0.4 is 4.74 Å². The lowest BCUT2D eigenvalue weighted by atomic mass is 10.0. The number of carbonyl (C=O) groups excluding carboxylic acids is 1. The maximum atomic E-state index is 11.4. The average molecular weight is 483 g/mol. The van der Waals surface area contributed by atoms with E-state index in [1.165, 1.54) is 0 Å². The van der Waals surface area contributed by atoms with Crippen molar-refractivity contribution in [3.63, 3.8) is 0 Å². The summed E-state index contributed by atoms with van der Waals surface area (Å²) < 4.78 is 20.6. The number of aromatic nitrogens is 2. The van der Waals surface area contributed by atoms with Crippen LogP contribution in [0, 0.1) is 0 Å². The van der Waals surface area contributed by atoms with Crippen molar-refractivity contribution < 1.29 is 19.0 Å². The lowest BCUT2D eigenvalue weighted by Gasteiger charge is -2.30. The smallest absolute Gasteiger partial charge is 0.215 e. The minimum atomic E-state index is -1.11. The van der Waals surface area contributed by atoms with Crippen LogP contribution in [-0.2, 0) is 21.8 Å². The molecule has 1 fully saturated rings. The van der Waals surface area contributed by atoms with E-state index in [0.29, 0.717) is 40.1 Å². The highest BCUT2D eigenvalue weighted by Gasteiger charge is 2.45. The van der Waals surface area contributed by atoms with Gasteiger partial charge in [0.15, 0.2) is 6.29 Å². The third-order valence-electron chi connectivity index (χ3n) is 5.62. The highest BCUT2D eigenvalue weighted by Crippen LogP contribution is 2.40. The summed E-state index contributed by atoms with van der Waals surface area (Å²) in [6, 6.07) is 16.5. The second-order valence-corrected chi connectivity index (χ2v) is 8.63. The van der Waals surface area contributed by atoms with Gasteiger partial charge in [-0.25, -0.2) is 4.98 Å². The number of aldehydes is 1. The van der Waals surface area contributed by atoms with Gasteiger partial charge in [-0.3, -0.25) is 4.79 Å². The molecule has 0 radical (unpaired) electrons. The Morgan fingerprint density at radius 1 is 1.15 bits per heavy atom. The molecule has 1 aliphatic heterocycles. The summed E-state index contributed by atoms with van der Waals surface area (Å²) in [6.45, 7) is 0.946. The molecule has 168 valence electrons. The van der Waals surface area contributed by atoms with Gasteiger partial charge in [0.25, 0.3) is 0 Å². The summed E-state index contributed by atoms with van der Waals surface area (Å²) in [7, 11) is 0. The van der Waals surface area contributed by atoms with Crippen LogP contribution in [0.15, 0.2) is 73.3 Å². The van der Waals surface area contributed by atoms with Crippen molar-refractivity contribution in [2.24, 2.45) is 0 Å². The molecule has 2 unspecified atom stereocenters. The molecule has 3 aromatic carbocycles. The molecule has 0 amide bonds. The number of ether oxygens (including phenoxy) is 3. The van der Waals surface area contributed by atoms with Gasteiger partial charge in [-0.2, -0.15) is 0 Å². The maximum absolute atomic E-state index is 11.4. The molecular formula is C25H20Cl2N2O4. The first-order valence-electron chi connectivity index (χ1n) is 10.4. The molecule has 0 spiro atoms. The second-order valence-electron chi connectivity index (χ2n) is 7.79. The number of hydrogen-bond acceptors (Lipinski definition) is 5. The fourth-order valence-corrected chi connectivity index (χ4v) is 4.63. The third-order valence-corrected chi connectivity index (χ3v) is 6.17. The van der Waals surface area contributed by atoms with Gasteiger partial charge >= 0.3 is 0 Å². The van der Waals surface area contributed by atoms with Crippen LogP contribution in [0.5, 0.6) is 5.75 Å². The topological polar surface area (TPSA) is 62.6 Å². The Morgan fingerprint density at radius 3 is 2.76 bits per heavy atom. The lowest BCUT2D eigenvalue weighted by Crippen LogP contribution is -2.34. The average Bonchev–Trinajstić information content (AvgIpc) is 3.48. The van der Waals surface area contributed by atoms with Crippen molar-refractivity contribution in [3.8, 4) is 5.75 Å². The number of carbonyl (C=O) groups is 1. The molecule has 33 heavy (non-hydrogen) atoms. The van der Waals surface area contributed by atoms with Gasteiger partial charge < -0.3 is 18.8 Å². The zero-order chi connectivity index (χ0) is 22.8. The van der Waals surface area contributed by atoms with E-state index in [2.05, 4.69) is 4.98 Å². The second kappa shape index (κ2) is 9.15. The summed E-state index contributed by atoms with van der Waals surface area (Å²) in [5, 5.41) is 2.70. The molecule has 1 aliphatic rings. The Hall–Kier alpha value is -2.90. The van der Waals surface area contributed by atoms with E-state index in [1.54, 1.807) is 36.8 Å². The SMILES string of the molecule is O=Cc1ccc(OCC2COC(Cn3ccnc3)(c3ccc(Cl)cc3Cl)O2)c2ccccc12. The van der Waals surface area contributed by atoms with Crippen LogP contribution in [0.4, 0.5) is 0 Å². The third kappa shape index (κ3) is 4.35. The number of rotatable bonds is 7. The molecule has 0 bridgehead atoms. The molecule has 2 heterocycles. The maximum Gasteiger partial charge on any atom is 0.215 e. The zero-order valence-corrected chi connectivity index (χ0v) is 19.0. The van der Waals surface area contributed by atoms with Gasteiger partial charge in [-0.15, -0.1) is 0 Å². The largest absolute Gasteiger partial charge is 0.490 e. The molecule has 4 aromatic rings. The molecule has 2 atom stereocenters. The fourth-order valence-electron chi connectivity index (χ4n) is 4.08. The predicted octanol–water partition coefficient (Wildman–Crippen LogP) is 5.50. The number of imidazole rings is 1. The van der Waals surface area contributed by atoms with Crippen LogP contribution in [0.1, 0.15) is 15.9 Å². The van der Waals surface area contributed by atoms with Crippen LogP contribution in [0.3, 0.4) is 0 Å². The molecule has 1 aromatic heterocycles. The van der Waals surface area contributed by atoms with Crippen LogP contribution >= 0.6 is 23.2 Å². The molecular weight excluding hydrogens is 463 g/mol. The standard InChI is InChI=1S/C25H20Cl2N2O4/c26-18-6-7-22(23(27)11-18)25(15-29-10-9-28-16-29)32-14-19(33-25)13-31-24-8-5-17(12-30)20-3-1-2-4-21(20)24/h1-12,16,19H,13-15H2. The van der Waals surface area contributed by atoms with Crippen molar-refractivity contribution in [3.05, 3.63) is 94.5 Å². The monoisotopic (exact) mass is 482 g/mol. The van der Waals surface area contributed by atoms with Crippen molar-refractivity contribution >= 4 is 40.3 Å².